The van der Waals surface area contributed by atoms with Gasteiger partial charge in [0.2, 0.25) is 0 Å². The Morgan fingerprint density at radius 2 is 1.14 bits per heavy atom. The summed E-state index contributed by atoms with van der Waals surface area (Å²) in [5, 5.41) is 19.3. The van der Waals surface area contributed by atoms with Gasteiger partial charge in [0.1, 0.15) is 12.1 Å². The van der Waals surface area contributed by atoms with E-state index in [9.17, 15) is 10.5 Å². The zero-order valence-corrected chi connectivity index (χ0v) is 20.8. The van der Waals surface area contributed by atoms with Gasteiger partial charge >= 0.3 is 0 Å². The molecule has 0 amide bonds. The van der Waals surface area contributed by atoms with E-state index in [0.29, 0.717) is 34.7 Å². The van der Waals surface area contributed by atoms with Crippen LogP contribution >= 0.6 is 0 Å². The Hall–Kier alpha value is -5.34. The van der Waals surface area contributed by atoms with Gasteiger partial charge in [0, 0.05) is 11.4 Å². The van der Waals surface area contributed by atoms with E-state index in [1.165, 1.54) is 0 Å². The van der Waals surface area contributed by atoms with Crippen LogP contribution in [0.4, 0.5) is 34.6 Å². The first kappa shape index (κ1) is 24.8. The molecule has 0 bridgehead atoms. The minimum atomic E-state index is -0.0566. The lowest BCUT2D eigenvalue weighted by atomic mass is 10.1. The van der Waals surface area contributed by atoms with Gasteiger partial charge in [-0.25, -0.2) is 19.9 Å². The van der Waals surface area contributed by atoms with Crippen molar-refractivity contribution in [1.82, 2.24) is 19.9 Å². The highest BCUT2D eigenvalue weighted by molar-refractivity contribution is 5.96. The van der Waals surface area contributed by atoms with Crippen LogP contribution in [0, 0.1) is 29.6 Å². The average molecular weight is 485 g/mol. The van der Waals surface area contributed by atoms with Crippen LogP contribution in [0.5, 0.6) is 0 Å². The molecule has 0 atom stereocenters. The highest BCUT2D eigenvalue weighted by Gasteiger charge is 2.37. The van der Waals surface area contributed by atoms with E-state index in [1.807, 2.05) is 103 Å². The molecule has 0 fully saturated rings. The van der Waals surface area contributed by atoms with Crippen LogP contribution in [0.1, 0.15) is 36.6 Å². The van der Waals surface area contributed by atoms with Crippen molar-refractivity contribution in [3.05, 3.63) is 103 Å². The van der Waals surface area contributed by atoms with Gasteiger partial charge in [-0.15, -0.1) is 6.58 Å². The molecule has 0 spiro atoms. The fraction of sp³-hybridized carbons (Fsp3) is 0.103. The zero-order valence-electron chi connectivity index (χ0n) is 20.8. The first-order valence-electron chi connectivity index (χ1n) is 11.5. The van der Waals surface area contributed by atoms with Gasteiger partial charge in [0.25, 0.3) is 0 Å². The lowest BCUT2D eigenvalue weighted by Gasteiger charge is -2.37. The minimum Gasteiger partial charge on any atom is -0.273 e. The Morgan fingerprint density at radius 3 is 1.51 bits per heavy atom. The number of nitrogens with zero attached hydrogens (tertiary/aromatic N) is 8. The van der Waals surface area contributed by atoms with Crippen molar-refractivity contribution in [3.63, 3.8) is 0 Å². The monoisotopic (exact) mass is 484 g/mol. The van der Waals surface area contributed by atoms with E-state index in [2.05, 4.69) is 23.1 Å². The largest absolute Gasteiger partial charge is 0.273 e. The summed E-state index contributed by atoms with van der Waals surface area (Å²) in [5.74, 6) is 1.82. The molecule has 0 saturated heterocycles. The highest BCUT2D eigenvalue weighted by atomic mass is 15.4. The molecule has 1 aliphatic heterocycles. The average Bonchev–Trinajstić information content (AvgIpc) is 2.92. The molecule has 0 saturated carbocycles. The SMILES string of the molecule is C=C(C)c1nc2c(nc1C)N(c1ccccc1)c1nc(C#N)c(C#N)nc1N2c1ccccc1.C=CC. The zero-order chi connectivity index (χ0) is 26.5. The summed E-state index contributed by atoms with van der Waals surface area (Å²) in [6, 6.07) is 23.1. The minimum absolute atomic E-state index is 0.0538. The fourth-order valence-corrected chi connectivity index (χ4v) is 3.92. The van der Waals surface area contributed by atoms with Crippen molar-refractivity contribution in [2.75, 3.05) is 9.80 Å². The molecule has 4 aromatic rings. The number of benzene rings is 2. The summed E-state index contributed by atoms with van der Waals surface area (Å²) in [6.07, 6.45) is 1.75. The Bertz CT molecular complexity index is 1560. The number of aromatic nitrogens is 4. The van der Waals surface area contributed by atoms with Crippen LogP contribution in [0.25, 0.3) is 5.57 Å². The topological polar surface area (TPSA) is 106 Å². The number of para-hydroxylation sites is 2. The van der Waals surface area contributed by atoms with Crippen LogP contribution in [0.2, 0.25) is 0 Å². The van der Waals surface area contributed by atoms with Crippen molar-refractivity contribution in [3.8, 4) is 12.1 Å². The van der Waals surface area contributed by atoms with Crippen molar-refractivity contribution in [1.29, 1.82) is 10.5 Å². The molecule has 180 valence electrons. The maximum absolute atomic E-state index is 9.66. The Kier molecular flexibility index (Phi) is 7.04. The summed E-state index contributed by atoms with van der Waals surface area (Å²) in [6.45, 7) is 13.1. The maximum Gasteiger partial charge on any atom is 0.184 e. The number of fused-ring (bicyclic) bond motifs is 2. The third kappa shape index (κ3) is 4.52. The van der Waals surface area contributed by atoms with Gasteiger partial charge in [-0.2, -0.15) is 10.5 Å². The van der Waals surface area contributed by atoms with Gasteiger partial charge in [-0.05, 0) is 50.6 Å². The van der Waals surface area contributed by atoms with Gasteiger partial charge in [0.05, 0.1) is 11.4 Å². The van der Waals surface area contributed by atoms with Gasteiger partial charge in [0.15, 0.2) is 34.7 Å². The second-order valence-corrected chi connectivity index (χ2v) is 8.13. The van der Waals surface area contributed by atoms with E-state index < -0.39 is 0 Å². The predicted octanol–water partition coefficient (Wildman–Crippen LogP) is 6.80. The van der Waals surface area contributed by atoms with E-state index in [1.54, 1.807) is 6.08 Å². The summed E-state index contributed by atoms with van der Waals surface area (Å²) in [4.78, 5) is 22.7. The standard InChI is InChI=1S/C26H18N8.C3H6/c1-16(2)22-17(3)29-23-26(32-22)34(19-12-8-5-9-13-19)25-24(30-20(14-27)21(15-28)31-25)33(23)18-10-6-4-7-11-18;1-3-2/h4-13H,1H2,2-3H3;3H,1H2,2H3. The van der Waals surface area contributed by atoms with Gasteiger partial charge < -0.3 is 0 Å². The molecule has 3 heterocycles. The van der Waals surface area contributed by atoms with Crippen molar-refractivity contribution in [2.45, 2.75) is 20.8 Å². The molecular formula is C29H24N8. The highest BCUT2D eigenvalue weighted by Crippen LogP contribution is 2.51. The number of aryl methyl sites for hydroxylation is 1. The summed E-state index contributed by atoms with van der Waals surface area (Å²) in [7, 11) is 0. The number of hydrogen-bond acceptors (Lipinski definition) is 8. The van der Waals surface area contributed by atoms with Gasteiger partial charge in [-0.3, -0.25) is 9.80 Å². The van der Waals surface area contributed by atoms with Crippen LogP contribution in [-0.4, -0.2) is 19.9 Å². The van der Waals surface area contributed by atoms with Crippen LogP contribution < -0.4 is 9.80 Å². The molecule has 0 aliphatic carbocycles. The van der Waals surface area contributed by atoms with Crippen molar-refractivity contribution in [2.24, 2.45) is 0 Å². The second kappa shape index (κ2) is 10.5. The maximum atomic E-state index is 9.66. The Balaban J connectivity index is 0.00000102. The summed E-state index contributed by atoms with van der Waals surface area (Å²) in [5.41, 5.74) is 3.61. The fourth-order valence-electron chi connectivity index (χ4n) is 3.92. The molecule has 8 nitrogen and oxygen atoms in total. The normalized spacial score (nSPS) is 11.2. The lowest BCUT2D eigenvalue weighted by Crippen LogP contribution is -2.29. The Morgan fingerprint density at radius 1 is 0.757 bits per heavy atom. The molecular weight excluding hydrogens is 460 g/mol. The van der Waals surface area contributed by atoms with Crippen LogP contribution in [0.15, 0.2) is 79.9 Å². The lowest BCUT2D eigenvalue weighted by molar-refractivity contribution is 0.955. The Labute approximate surface area is 216 Å². The quantitative estimate of drug-likeness (QED) is 0.258. The molecule has 1 aliphatic rings. The number of nitriles is 2. The molecule has 2 aromatic carbocycles. The second-order valence-electron chi connectivity index (χ2n) is 8.13. The van der Waals surface area contributed by atoms with Gasteiger partial charge in [-0.1, -0.05) is 49.1 Å². The van der Waals surface area contributed by atoms with Crippen molar-refractivity contribution < 1.29 is 0 Å². The molecule has 37 heavy (non-hydrogen) atoms. The van der Waals surface area contributed by atoms with E-state index in [4.69, 9.17) is 9.97 Å². The molecule has 2 aromatic heterocycles. The van der Waals surface area contributed by atoms with Crippen LogP contribution in [-0.2, 0) is 0 Å². The number of hydrogen-bond donors (Lipinski definition) is 0. The van der Waals surface area contributed by atoms with E-state index >= 15 is 0 Å². The summed E-state index contributed by atoms with van der Waals surface area (Å²) < 4.78 is 0. The molecule has 0 radical (unpaired) electrons. The summed E-state index contributed by atoms with van der Waals surface area (Å²) >= 11 is 0. The molecule has 0 N–H and O–H groups in total. The first-order valence-corrected chi connectivity index (χ1v) is 11.5. The van der Waals surface area contributed by atoms with E-state index in [-0.39, 0.29) is 11.4 Å². The van der Waals surface area contributed by atoms with Crippen LogP contribution in [0.3, 0.4) is 0 Å². The third-order valence-corrected chi connectivity index (χ3v) is 5.39. The number of allylic oxidation sites excluding steroid dienone is 2. The number of anilines is 6. The third-order valence-electron chi connectivity index (χ3n) is 5.39. The number of rotatable bonds is 3. The smallest absolute Gasteiger partial charge is 0.184 e. The molecule has 8 heteroatoms. The van der Waals surface area contributed by atoms with Crippen molar-refractivity contribution >= 4 is 40.2 Å². The first-order chi connectivity index (χ1) is 17.9. The molecule has 5 rings (SSSR count). The van der Waals surface area contributed by atoms with E-state index in [0.717, 1.165) is 16.9 Å². The predicted molar refractivity (Wildman–Crippen MR) is 145 cm³/mol. The molecule has 0 unspecified atom stereocenters.